The third-order valence-electron chi connectivity index (χ3n) is 22.0. The Labute approximate surface area is 717 Å². The van der Waals surface area contributed by atoms with Gasteiger partial charge >= 0.3 is 33.3 Å². The molecule has 0 N–H and O–H groups in total. The highest BCUT2D eigenvalue weighted by molar-refractivity contribution is 9.11. The molecule has 4 nitrogen and oxygen atoms in total. The lowest BCUT2D eigenvalue weighted by atomic mass is 9.81. The molecular formula is C104H78Br4O4Si4. The van der Waals surface area contributed by atoms with E-state index in [0.717, 1.165) is 137 Å². The first kappa shape index (κ1) is 77.3. The summed E-state index contributed by atoms with van der Waals surface area (Å²) in [6.45, 7) is 0. The second-order valence-electron chi connectivity index (χ2n) is 28.8. The van der Waals surface area contributed by atoms with Crippen molar-refractivity contribution in [3.05, 3.63) is 512 Å². The molecule has 0 aromatic heterocycles. The maximum Gasteiger partial charge on any atom is 0.346 e. The summed E-state index contributed by atoms with van der Waals surface area (Å²) in [5, 5.41) is 13.7. The van der Waals surface area contributed by atoms with Gasteiger partial charge in [-0.3, -0.25) is 0 Å². The third-order valence-corrected chi connectivity index (χ3v) is 40.3. The first-order valence-electron chi connectivity index (χ1n) is 38.8. The van der Waals surface area contributed by atoms with E-state index >= 15 is 0 Å². The first-order chi connectivity index (χ1) is 57.1. The quantitative estimate of drug-likeness (QED) is 0.0400. The van der Waals surface area contributed by atoms with E-state index in [4.69, 9.17) is 17.7 Å². The fourth-order valence-corrected chi connectivity index (χ4v) is 34.5. The zero-order chi connectivity index (χ0) is 78.7. The molecule has 0 heterocycles. The van der Waals surface area contributed by atoms with Crippen LogP contribution in [0, 0.1) is 0 Å². The molecule has 0 unspecified atom stereocenters. The number of rotatable bonds is 26. The summed E-state index contributed by atoms with van der Waals surface area (Å²) in [5.74, 6) is 2.37. The van der Waals surface area contributed by atoms with E-state index in [9.17, 15) is 0 Å². The summed E-state index contributed by atoms with van der Waals surface area (Å²) in [6, 6.07) is 165. The molecule has 116 heavy (non-hydrogen) atoms. The fourth-order valence-electron chi connectivity index (χ4n) is 16.6. The van der Waals surface area contributed by atoms with Gasteiger partial charge in [-0.05, 0) is 208 Å². The molecule has 0 saturated heterocycles. The first-order valence-corrected chi connectivity index (χ1v) is 49.6. The van der Waals surface area contributed by atoms with E-state index in [1.165, 1.54) is 0 Å². The zero-order valence-electron chi connectivity index (χ0n) is 63.2. The van der Waals surface area contributed by atoms with Crippen LogP contribution in [0.2, 0.25) is 0 Å². The second-order valence-corrected chi connectivity index (χ2v) is 45.4. The van der Waals surface area contributed by atoms with Crippen LogP contribution in [-0.4, -0.2) is 33.3 Å². The van der Waals surface area contributed by atoms with Crippen LogP contribution in [0.3, 0.4) is 0 Å². The molecule has 0 spiro atoms. The molecule has 17 aromatic rings. The highest BCUT2D eigenvalue weighted by atomic mass is 79.9. The lowest BCUT2D eigenvalue weighted by Gasteiger charge is -2.34. The van der Waals surface area contributed by atoms with Crippen molar-refractivity contribution >= 4 is 159 Å². The van der Waals surface area contributed by atoms with E-state index in [0.29, 0.717) is 0 Å². The van der Waals surface area contributed by atoms with Crippen LogP contribution in [0.4, 0.5) is 0 Å². The minimum Gasteiger partial charge on any atom is -0.529 e. The minimum absolute atomic E-state index is 0.306. The van der Waals surface area contributed by atoms with Crippen LogP contribution >= 0.6 is 63.7 Å². The molecule has 17 rings (SSSR count). The van der Waals surface area contributed by atoms with Gasteiger partial charge in [-0.15, -0.1) is 0 Å². The standard InChI is InChI=1S/C104H78Br4O4Si4/c105-95-73-79(65-69-99(95)109-113(83-37-13-1-14-38-83,84-39-15-2-16-40-84)85-41-17-3-18-42-85)103(80-66-70-100(96(106)74-80)110-114(86-43-19-4-20-44-86,87-45-21-5-22-46-87)88-47-23-6-24-48-88)77-61-63-78(64-62-77)104(81-67-71-101(97(107)75-81)111-115(89-49-25-7-26-50-89,90-51-27-8-28-52-90)91-53-29-9-30-54-91)82-68-72-102(98(108)76-82)112-116(92-55-31-10-32-56-92,93-57-33-11-34-58-93)94-59-35-12-36-60-94/h1-76,103-104H. The van der Waals surface area contributed by atoms with Gasteiger partial charge in [0.05, 0.1) is 17.9 Å². The smallest absolute Gasteiger partial charge is 0.346 e. The number of halogens is 4. The van der Waals surface area contributed by atoms with Gasteiger partial charge in [0.15, 0.2) is 0 Å². The topological polar surface area (TPSA) is 36.9 Å². The van der Waals surface area contributed by atoms with Gasteiger partial charge in [0.25, 0.3) is 0 Å². The fraction of sp³-hybridized carbons (Fsp3) is 0.0192. The zero-order valence-corrected chi connectivity index (χ0v) is 73.5. The van der Waals surface area contributed by atoms with Crippen LogP contribution in [-0.2, 0) is 0 Å². The highest BCUT2D eigenvalue weighted by Gasteiger charge is 2.49. The van der Waals surface area contributed by atoms with Gasteiger partial charge in [0.2, 0.25) is 0 Å². The van der Waals surface area contributed by atoms with Crippen LogP contribution < -0.4 is 79.9 Å². The van der Waals surface area contributed by atoms with Gasteiger partial charge < -0.3 is 17.7 Å². The third kappa shape index (κ3) is 15.4. The Morgan fingerprint density at radius 3 is 0.388 bits per heavy atom. The molecule has 0 bridgehead atoms. The largest absolute Gasteiger partial charge is 0.529 e. The van der Waals surface area contributed by atoms with E-state index in [1.54, 1.807) is 0 Å². The number of benzene rings is 17. The number of hydrogen-bond donors (Lipinski definition) is 0. The van der Waals surface area contributed by atoms with Gasteiger partial charge in [0, 0.05) is 11.8 Å². The maximum atomic E-state index is 7.81. The average molecular weight is 1820 g/mol. The van der Waals surface area contributed by atoms with Gasteiger partial charge in [-0.2, -0.15) is 0 Å². The molecule has 12 heteroatoms. The van der Waals surface area contributed by atoms with Crippen molar-refractivity contribution < 1.29 is 17.7 Å². The summed E-state index contributed by atoms with van der Waals surface area (Å²) in [6.07, 6.45) is 0. The Hall–Kier alpha value is -11.3. The summed E-state index contributed by atoms with van der Waals surface area (Å²) in [4.78, 5) is 0. The SMILES string of the molecule is Brc1cc(C(c2ccc(C(c3ccc(O[Si](c4ccccc4)(c4ccccc4)c4ccccc4)c(Br)c3)c3ccc(O[Si](c4ccccc4)(c4ccccc4)c4ccccc4)c(Br)c3)cc2)c2ccc(O[Si](c3ccccc3)(c3ccccc3)c3ccccc3)c(Br)c2)ccc1O[Si](c1ccccc1)(c1ccccc1)c1ccccc1. The van der Waals surface area contributed by atoms with Crippen LogP contribution in [0.5, 0.6) is 23.0 Å². The minimum atomic E-state index is -3.23. The number of hydrogen-bond acceptors (Lipinski definition) is 4. The Balaban J connectivity index is 0.818. The van der Waals surface area contributed by atoms with E-state index in [-0.39, 0.29) is 11.8 Å². The summed E-state index contributed by atoms with van der Waals surface area (Å²) in [5.41, 5.74) is 6.40. The molecule has 0 atom stereocenters. The summed E-state index contributed by atoms with van der Waals surface area (Å²) < 4.78 is 34.6. The molecule has 0 amide bonds. The van der Waals surface area contributed by atoms with Crippen LogP contribution in [0.15, 0.2) is 479 Å². The van der Waals surface area contributed by atoms with Crippen LogP contribution in [0.1, 0.15) is 45.2 Å². The molecule has 562 valence electrons. The molecule has 0 fully saturated rings. The predicted octanol–water partition coefficient (Wildman–Crippen LogP) is 19.3. The second kappa shape index (κ2) is 35.0. The maximum absolute atomic E-state index is 7.81. The Bertz CT molecular complexity index is 5000. The Morgan fingerprint density at radius 1 is 0.147 bits per heavy atom. The molecule has 0 aliphatic carbocycles. The Kier molecular flexibility index (Phi) is 23.4. The monoisotopic (exact) mass is 1820 g/mol. The highest BCUT2D eigenvalue weighted by Crippen LogP contribution is 2.44. The average Bonchev–Trinajstić information content (AvgIpc) is 0.759. The Morgan fingerprint density at radius 2 is 0.267 bits per heavy atom. The van der Waals surface area contributed by atoms with Crippen molar-refractivity contribution in [1.82, 2.24) is 0 Å². The normalized spacial score (nSPS) is 11.8. The van der Waals surface area contributed by atoms with E-state index < -0.39 is 33.3 Å². The van der Waals surface area contributed by atoms with Crippen molar-refractivity contribution in [1.29, 1.82) is 0 Å². The molecule has 17 aromatic carbocycles. The lowest BCUT2D eigenvalue weighted by Crippen LogP contribution is -2.71. The molecule has 0 radical (unpaired) electrons. The van der Waals surface area contributed by atoms with Gasteiger partial charge in [-0.25, -0.2) is 0 Å². The predicted molar refractivity (Wildman–Crippen MR) is 503 cm³/mol. The molecular weight excluding hydrogens is 1750 g/mol. The van der Waals surface area contributed by atoms with E-state index in [2.05, 4.69) is 525 Å². The molecule has 0 aliphatic heterocycles. The van der Waals surface area contributed by atoms with E-state index in [1.807, 2.05) is 0 Å². The molecule has 0 saturated carbocycles. The van der Waals surface area contributed by atoms with Crippen molar-refractivity contribution in [2.45, 2.75) is 11.8 Å². The summed E-state index contributed by atoms with van der Waals surface area (Å²) >= 11 is 16.9. The lowest BCUT2D eigenvalue weighted by molar-refractivity contribution is 0.571. The van der Waals surface area contributed by atoms with Crippen molar-refractivity contribution in [2.75, 3.05) is 0 Å². The van der Waals surface area contributed by atoms with Crippen molar-refractivity contribution in [3.63, 3.8) is 0 Å². The van der Waals surface area contributed by atoms with Crippen molar-refractivity contribution in [3.8, 4) is 23.0 Å². The van der Waals surface area contributed by atoms with Gasteiger partial charge in [0.1, 0.15) is 23.0 Å². The van der Waals surface area contributed by atoms with Crippen LogP contribution in [0.25, 0.3) is 0 Å². The van der Waals surface area contributed by atoms with Crippen molar-refractivity contribution in [2.24, 2.45) is 0 Å². The summed E-state index contributed by atoms with van der Waals surface area (Å²) in [7, 11) is -12.9. The molecule has 0 aliphatic rings. The van der Waals surface area contributed by atoms with Gasteiger partial charge in [-0.1, -0.05) is 413 Å².